The number of carbonyl (C=O) groups excluding carboxylic acids is 1. The molecular formula is C24H30N6O3. The van der Waals surface area contributed by atoms with Crippen molar-refractivity contribution in [2.75, 3.05) is 36.0 Å². The average molecular weight is 451 g/mol. The van der Waals surface area contributed by atoms with E-state index < -0.39 is 6.10 Å². The van der Waals surface area contributed by atoms with Gasteiger partial charge in [0.25, 0.3) is 5.91 Å². The highest BCUT2D eigenvalue weighted by Gasteiger charge is 2.34. The Labute approximate surface area is 193 Å². The summed E-state index contributed by atoms with van der Waals surface area (Å²) in [6, 6.07) is 5.60. The van der Waals surface area contributed by atoms with Gasteiger partial charge in [0, 0.05) is 56.7 Å². The number of hydrogen-bond acceptors (Lipinski definition) is 8. The van der Waals surface area contributed by atoms with Gasteiger partial charge in [-0.25, -0.2) is 15.0 Å². The third-order valence-electron chi connectivity index (χ3n) is 6.54. The summed E-state index contributed by atoms with van der Waals surface area (Å²) in [5.74, 6) is 2.30. The maximum atomic E-state index is 13.4. The Balaban J connectivity index is 1.37. The van der Waals surface area contributed by atoms with E-state index in [1.165, 1.54) is 0 Å². The highest BCUT2D eigenvalue weighted by molar-refractivity contribution is 5.99. The van der Waals surface area contributed by atoms with Crippen molar-refractivity contribution in [3.8, 4) is 0 Å². The van der Waals surface area contributed by atoms with Gasteiger partial charge in [-0.15, -0.1) is 0 Å². The molecule has 3 aromatic heterocycles. The van der Waals surface area contributed by atoms with E-state index in [9.17, 15) is 9.90 Å². The molecule has 9 nitrogen and oxygen atoms in total. The fourth-order valence-corrected chi connectivity index (χ4v) is 5.04. The molecule has 0 aliphatic carbocycles. The van der Waals surface area contributed by atoms with Crippen LogP contribution >= 0.6 is 0 Å². The second-order valence-electron chi connectivity index (χ2n) is 9.12. The summed E-state index contributed by atoms with van der Waals surface area (Å²) >= 11 is 0. The maximum absolute atomic E-state index is 13.4. The molecule has 5 heterocycles. The van der Waals surface area contributed by atoms with Gasteiger partial charge >= 0.3 is 0 Å². The zero-order valence-electron chi connectivity index (χ0n) is 19.3. The van der Waals surface area contributed by atoms with Crippen molar-refractivity contribution < 1.29 is 14.3 Å². The lowest BCUT2D eigenvalue weighted by molar-refractivity contribution is 0.0670. The Morgan fingerprint density at radius 2 is 1.82 bits per heavy atom. The SMILES string of the molecule is C[C@@H]1CN(C(=O)c2cc3c(N4CCCC4)nccc3o2)C[C@H](C)N1c1ccnc([C@@H](C)O)n1. The van der Waals surface area contributed by atoms with E-state index in [1.54, 1.807) is 19.3 Å². The van der Waals surface area contributed by atoms with Crippen LogP contribution in [0.4, 0.5) is 11.6 Å². The van der Waals surface area contributed by atoms with Crippen LogP contribution in [0, 0.1) is 0 Å². The number of aromatic nitrogens is 3. The summed E-state index contributed by atoms with van der Waals surface area (Å²) in [6.45, 7) is 8.87. The number of pyridine rings is 1. The molecule has 0 bridgehead atoms. The molecule has 2 saturated heterocycles. The van der Waals surface area contributed by atoms with Gasteiger partial charge in [-0.1, -0.05) is 0 Å². The number of aliphatic hydroxyl groups is 1. The van der Waals surface area contributed by atoms with Crippen molar-refractivity contribution in [1.82, 2.24) is 19.9 Å². The number of piperazine rings is 1. The van der Waals surface area contributed by atoms with E-state index in [1.807, 2.05) is 23.1 Å². The minimum absolute atomic E-state index is 0.0423. The molecule has 2 aliphatic heterocycles. The molecule has 0 aromatic carbocycles. The van der Waals surface area contributed by atoms with Crippen molar-refractivity contribution in [3.05, 3.63) is 42.2 Å². The van der Waals surface area contributed by atoms with E-state index in [0.29, 0.717) is 30.3 Å². The smallest absolute Gasteiger partial charge is 0.289 e. The van der Waals surface area contributed by atoms with E-state index in [-0.39, 0.29) is 18.0 Å². The monoisotopic (exact) mass is 450 g/mol. The Hall–Kier alpha value is -3.20. The Bertz CT molecular complexity index is 1140. The predicted molar refractivity (Wildman–Crippen MR) is 125 cm³/mol. The number of nitrogens with zero attached hydrogens (tertiary/aromatic N) is 6. The number of hydrogen-bond donors (Lipinski definition) is 1. The molecule has 2 fully saturated rings. The van der Waals surface area contributed by atoms with Crippen molar-refractivity contribution >= 4 is 28.5 Å². The van der Waals surface area contributed by atoms with Crippen molar-refractivity contribution in [1.29, 1.82) is 0 Å². The van der Waals surface area contributed by atoms with Gasteiger partial charge in [0.1, 0.15) is 23.3 Å². The largest absolute Gasteiger partial charge is 0.451 e. The van der Waals surface area contributed by atoms with Gasteiger partial charge in [0.05, 0.1) is 5.39 Å². The molecule has 3 atom stereocenters. The molecule has 0 unspecified atom stereocenters. The molecule has 174 valence electrons. The first-order valence-corrected chi connectivity index (χ1v) is 11.6. The number of aliphatic hydroxyl groups excluding tert-OH is 1. The second-order valence-corrected chi connectivity index (χ2v) is 9.12. The van der Waals surface area contributed by atoms with Crippen LogP contribution in [0.25, 0.3) is 11.0 Å². The maximum Gasteiger partial charge on any atom is 0.289 e. The molecular weight excluding hydrogens is 420 g/mol. The number of furan rings is 1. The standard InChI is InChI=1S/C24H30N6O3/c1-15-13-29(14-16(2)30(15)21-7-9-25-22(27-21)17(3)31)24(32)20-12-18-19(33-20)6-8-26-23(18)28-10-4-5-11-28/h6-9,12,15-17,31H,4-5,10-11,13-14H2,1-3H3/t15-,16+,17-/m1/s1. The first-order chi connectivity index (χ1) is 15.9. The average Bonchev–Trinajstić information content (AvgIpc) is 3.48. The zero-order valence-corrected chi connectivity index (χ0v) is 19.3. The number of carbonyl (C=O) groups is 1. The van der Waals surface area contributed by atoms with Crippen LogP contribution in [0.5, 0.6) is 0 Å². The van der Waals surface area contributed by atoms with Crippen LogP contribution in [-0.2, 0) is 0 Å². The van der Waals surface area contributed by atoms with Crippen LogP contribution < -0.4 is 9.80 Å². The first kappa shape index (κ1) is 21.6. The molecule has 9 heteroatoms. The summed E-state index contributed by atoms with van der Waals surface area (Å²) in [7, 11) is 0. The minimum atomic E-state index is -0.730. The number of anilines is 2. The number of fused-ring (bicyclic) bond motifs is 1. The Morgan fingerprint density at radius 1 is 1.12 bits per heavy atom. The molecule has 3 aromatic rings. The molecule has 1 amide bonds. The van der Waals surface area contributed by atoms with Crippen LogP contribution in [0.3, 0.4) is 0 Å². The summed E-state index contributed by atoms with van der Waals surface area (Å²) in [4.78, 5) is 32.9. The third kappa shape index (κ3) is 4.01. The molecule has 1 N–H and O–H groups in total. The lowest BCUT2D eigenvalue weighted by atomic mass is 10.1. The van der Waals surface area contributed by atoms with Gasteiger partial charge in [-0.05, 0) is 45.7 Å². The van der Waals surface area contributed by atoms with Gasteiger partial charge < -0.3 is 24.2 Å². The Morgan fingerprint density at radius 3 is 2.52 bits per heavy atom. The van der Waals surface area contributed by atoms with Crippen LogP contribution in [0.15, 0.2) is 35.0 Å². The fourth-order valence-electron chi connectivity index (χ4n) is 5.04. The van der Waals surface area contributed by atoms with Crippen molar-refractivity contribution in [3.63, 3.8) is 0 Å². The molecule has 0 radical (unpaired) electrons. The lowest BCUT2D eigenvalue weighted by Gasteiger charge is -2.45. The van der Waals surface area contributed by atoms with Gasteiger partial charge in [-0.3, -0.25) is 4.79 Å². The van der Waals surface area contributed by atoms with Crippen molar-refractivity contribution in [2.45, 2.75) is 51.8 Å². The van der Waals surface area contributed by atoms with Gasteiger partial charge in [0.2, 0.25) is 0 Å². The fraction of sp³-hybridized carbons (Fsp3) is 0.500. The normalized spacial score (nSPS) is 22.2. The quantitative estimate of drug-likeness (QED) is 0.648. The molecule has 0 spiro atoms. The van der Waals surface area contributed by atoms with E-state index >= 15 is 0 Å². The number of rotatable bonds is 4. The summed E-state index contributed by atoms with van der Waals surface area (Å²) in [5.41, 5.74) is 0.696. The third-order valence-corrected chi connectivity index (χ3v) is 6.54. The van der Waals surface area contributed by atoms with Gasteiger partial charge in [-0.2, -0.15) is 0 Å². The van der Waals surface area contributed by atoms with Crippen LogP contribution in [0.2, 0.25) is 0 Å². The van der Waals surface area contributed by atoms with E-state index in [2.05, 4.69) is 38.6 Å². The van der Waals surface area contributed by atoms with E-state index in [4.69, 9.17) is 4.42 Å². The van der Waals surface area contributed by atoms with Gasteiger partial charge in [0.15, 0.2) is 11.6 Å². The highest BCUT2D eigenvalue weighted by atomic mass is 16.3. The predicted octanol–water partition coefficient (Wildman–Crippen LogP) is 3.01. The topological polar surface area (TPSA) is 98.8 Å². The summed E-state index contributed by atoms with van der Waals surface area (Å²) in [6.07, 6.45) is 5.01. The van der Waals surface area contributed by atoms with Crippen molar-refractivity contribution in [2.24, 2.45) is 0 Å². The molecule has 0 saturated carbocycles. The van der Waals surface area contributed by atoms with Crippen LogP contribution in [0.1, 0.15) is 56.1 Å². The highest BCUT2D eigenvalue weighted by Crippen LogP contribution is 2.31. The molecule has 5 rings (SSSR count). The molecule has 2 aliphatic rings. The zero-order chi connectivity index (χ0) is 23.1. The molecule has 33 heavy (non-hydrogen) atoms. The number of amides is 1. The Kier molecular flexibility index (Phi) is 5.65. The summed E-state index contributed by atoms with van der Waals surface area (Å²) < 4.78 is 5.99. The van der Waals surface area contributed by atoms with Crippen LogP contribution in [-0.4, -0.2) is 69.1 Å². The summed E-state index contributed by atoms with van der Waals surface area (Å²) in [5, 5.41) is 10.8. The van der Waals surface area contributed by atoms with E-state index in [0.717, 1.165) is 43.0 Å². The second kappa shape index (κ2) is 8.62. The first-order valence-electron chi connectivity index (χ1n) is 11.6. The lowest BCUT2D eigenvalue weighted by Crippen LogP contribution is -2.58. The minimum Gasteiger partial charge on any atom is -0.451 e.